The van der Waals surface area contributed by atoms with Gasteiger partial charge >= 0.3 is 6.18 Å². The van der Waals surface area contributed by atoms with E-state index in [4.69, 9.17) is 0 Å². The molecule has 4 nitrogen and oxygen atoms in total. The lowest BCUT2D eigenvalue weighted by Crippen LogP contribution is -2.38. The summed E-state index contributed by atoms with van der Waals surface area (Å²) in [6.45, 7) is 1.87. The number of nitrogens with one attached hydrogen (secondary N) is 2. The second kappa shape index (κ2) is 7.43. The molecule has 2 N–H and O–H groups in total. The van der Waals surface area contributed by atoms with Crippen LogP contribution < -0.4 is 5.32 Å². The van der Waals surface area contributed by atoms with E-state index < -0.39 is 11.7 Å². The number of benzene rings is 1. The predicted molar refractivity (Wildman–Crippen MR) is 92.8 cm³/mol. The standard InChI is InChI=1S/C17H18F3N3OS/c18-17(19,20)13-3-1-12(2-4-13)10-21-14-9-15(22-11-14)16(24)23-5-7-25-8-6-23/h1-4,9,11,21-22H,5-8,10H2. The molecule has 0 bridgehead atoms. The summed E-state index contributed by atoms with van der Waals surface area (Å²) < 4.78 is 37.6. The smallest absolute Gasteiger partial charge is 0.380 e. The predicted octanol–water partition coefficient (Wildman–Crippen LogP) is 3.83. The number of carbonyl (C=O) groups excluding carboxylic acids is 1. The Morgan fingerprint density at radius 3 is 2.52 bits per heavy atom. The van der Waals surface area contributed by atoms with Crippen molar-refractivity contribution in [3.8, 4) is 0 Å². The van der Waals surface area contributed by atoms with E-state index in [1.165, 1.54) is 12.1 Å². The molecule has 8 heteroatoms. The number of halogens is 3. The van der Waals surface area contributed by atoms with Gasteiger partial charge in [0.15, 0.2) is 0 Å². The molecule has 134 valence electrons. The van der Waals surface area contributed by atoms with Crippen molar-refractivity contribution in [1.29, 1.82) is 0 Å². The Kier molecular flexibility index (Phi) is 5.27. The van der Waals surface area contributed by atoms with Crippen LogP contribution in [0.2, 0.25) is 0 Å². The second-order valence-electron chi connectivity index (χ2n) is 5.75. The molecular weight excluding hydrogens is 351 g/mol. The lowest BCUT2D eigenvalue weighted by molar-refractivity contribution is -0.137. The molecule has 25 heavy (non-hydrogen) atoms. The minimum absolute atomic E-state index is 0.0251. The first-order chi connectivity index (χ1) is 11.9. The molecule has 2 heterocycles. The SMILES string of the molecule is O=C(c1cc(NCc2ccc(C(F)(F)F)cc2)c[nH]1)N1CCSCC1. The molecule has 0 spiro atoms. The number of amides is 1. The van der Waals surface area contributed by atoms with E-state index >= 15 is 0 Å². The van der Waals surface area contributed by atoms with Gasteiger partial charge in [-0.15, -0.1) is 0 Å². The number of hydrogen-bond donors (Lipinski definition) is 2. The van der Waals surface area contributed by atoms with Crippen molar-refractivity contribution in [3.05, 3.63) is 53.3 Å². The molecule has 1 fully saturated rings. The normalized spacial score (nSPS) is 15.2. The maximum atomic E-state index is 12.5. The highest BCUT2D eigenvalue weighted by atomic mass is 32.2. The van der Waals surface area contributed by atoms with Crippen molar-refractivity contribution in [2.75, 3.05) is 29.9 Å². The third kappa shape index (κ3) is 4.50. The summed E-state index contributed by atoms with van der Waals surface area (Å²) in [5.41, 5.74) is 1.32. The van der Waals surface area contributed by atoms with Gasteiger partial charge in [0, 0.05) is 37.3 Å². The Hall–Kier alpha value is -2.09. The molecule has 1 aliphatic rings. The fourth-order valence-corrected chi connectivity index (χ4v) is 3.48. The number of aromatic nitrogens is 1. The van der Waals surface area contributed by atoms with E-state index in [0.717, 1.165) is 48.0 Å². The van der Waals surface area contributed by atoms with Crippen molar-refractivity contribution in [2.45, 2.75) is 12.7 Å². The monoisotopic (exact) mass is 369 g/mol. The van der Waals surface area contributed by atoms with Crippen LogP contribution in [0.4, 0.5) is 18.9 Å². The van der Waals surface area contributed by atoms with Gasteiger partial charge in [0.05, 0.1) is 11.3 Å². The molecule has 0 atom stereocenters. The van der Waals surface area contributed by atoms with Crippen molar-refractivity contribution in [3.63, 3.8) is 0 Å². The molecule has 1 aliphatic heterocycles. The fraction of sp³-hybridized carbons (Fsp3) is 0.353. The minimum Gasteiger partial charge on any atom is -0.380 e. The minimum atomic E-state index is -4.32. The molecule has 1 amide bonds. The topological polar surface area (TPSA) is 48.1 Å². The van der Waals surface area contributed by atoms with Gasteiger partial charge in [0.1, 0.15) is 5.69 Å². The molecule has 2 aromatic rings. The lowest BCUT2D eigenvalue weighted by Gasteiger charge is -2.25. The molecule has 0 unspecified atom stereocenters. The third-order valence-electron chi connectivity index (χ3n) is 3.99. The van der Waals surface area contributed by atoms with Crippen LogP contribution in [0.5, 0.6) is 0 Å². The first-order valence-corrected chi connectivity index (χ1v) is 9.04. The quantitative estimate of drug-likeness (QED) is 0.861. The molecule has 3 rings (SSSR count). The van der Waals surface area contributed by atoms with E-state index in [2.05, 4.69) is 10.3 Å². The number of hydrogen-bond acceptors (Lipinski definition) is 3. The van der Waals surface area contributed by atoms with E-state index in [1.807, 2.05) is 16.7 Å². The molecule has 0 radical (unpaired) electrons. The first-order valence-electron chi connectivity index (χ1n) is 7.89. The van der Waals surface area contributed by atoms with Gasteiger partial charge in [-0.1, -0.05) is 12.1 Å². The van der Waals surface area contributed by atoms with E-state index in [1.54, 1.807) is 12.3 Å². The van der Waals surface area contributed by atoms with E-state index in [0.29, 0.717) is 12.2 Å². The summed E-state index contributed by atoms with van der Waals surface area (Å²) in [4.78, 5) is 17.2. The maximum absolute atomic E-state index is 12.5. The molecule has 0 aliphatic carbocycles. The van der Waals surface area contributed by atoms with Crippen LogP contribution in [0.1, 0.15) is 21.6 Å². The van der Waals surface area contributed by atoms with Crippen molar-refractivity contribution in [2.24, 2.45) is 0 Å². The number of aromatic amines is 1. The summed E-state index contributed by atoms with van der Waals surface area (Å²) in [6, 6.07) is 6.75. The van der Waals surface area contributed by atoms with E-state index in [-0.39, 0.29) is 5.91 Å². The number of nitrogens with zero attached hydrogens (tertiary/aromatic N) is 1. The number of H-pyrrole nitrogens is 1. The van der Waals surface area contributed by atoms with Crippen LogP contribution in [0.15, 0.2) is 36.5 Å². The number of carbonyl (C=O) groups is 1. The number of thioether (sulfide) groups is 1. The summed E-state index contributed by atoms with van der Waals surface area (Å²) in [5.74, 6) is 1.87. The van der Waals surface area contributed by atoms with Crippen molar-refractivity contribution >= 4 is 23.4 Å². The fourth-order valence-electron chi connectivity index (χ4n) is 2.57. The van der Waals surface area contributed by atoms with Gasteiger partial charge < -0.3 is 15.2 Å². The van der Waals surface area contributed by atoms with Gasteiger partial charge in [-0.05, 0) is 23.8 Å². The van der Waals surface area contributed by atoms with Gasteiger partial charge in [0.2, 0.25) is 0 Å². The van der Waals surface area contributed by atoms with Crippen LogP contribution >= 0.6 is 11.8 Å². The zero-order valence-electron chi connectivity index (χ0n) is 13.4. The average molecular weight is 369 g/mol. The Labute approximate surface area is 147 Å². The highest BCUT2D eigenvalue weighted by Gasteiger charge is 2.29. The largest absolute Gasteiger partial charge is 0.416 e. The van der Waals surface area contributed by atoms with Crippen LogP contribution in [0.25, 0.3) is 0 Å². The van der Waals surface area contributed by atoms with Crippen LogP contribution in [0, 0.1) is 0 Å². The van der Waals surface area contributed by atoms with Gasteiger partial charge in [-0.25, -0.2) is 0 Å². The average Bonchev–Trinajstić information content (AvgIpc) is 3.09. The molecule has 1 aromatic heterocycles. The van der Waals surface area contributed by atoms with Gasteiger partial charge in [-0.3, -0.25) is 4.79 Å². The van der Waals surface area contributed by atoms with Gasteiger partial charge in [0.25, 0.3) is 5.91 Å². The van der Waals surface area contributed by atoms with Crippen LogP contribution in [-0.4, -0.2) is 40.4 Å². The Morgan fingerprint density at radius 1 is 1.20 bits per heavy atom. The first kappa shape index (κ1) is 17.7. The highest BCUT2D eigenvalue weighted by molar-refractivity contribution is 7.99. The maximum Gasteiger partial charge on any atom is 0.416 e. The molecular formula is C17H18F3N3OS. The zero-order chi connectivity index (χ0) is 17.9. The lowest BCUT2D eigenvalue weighted by atomic mass is 10.1. The summed E-state index contributed by atoms with van der Waals surface area (Å²) >= 11 is 1.84. The Bertz CT molecular complexity index is 721. The van der Waals surface area contributed by atoms with Gasteiger partial charge in [-0.2, -0.15) is 24.9 Å². The second-order valence-corrected chi connectivity index (χ2v) is 6.98. The highest BCUT2D eigenvalue weighted by Crippen LogP contribution is 2.29. The van der Waals surface area contributed by atoms with Crippen LogP contribution in [-0.2, 0) is 12.7 Å². The molecule has 1 saturated heterocycles. The van der Waals surface area contributed by atoms with Crippen LogP contribution in [0.3, 0.4) is 0 Å². The van der Waals surface area contributed by atoms with Crippen molar-refractivity contribution < 1.29 is 18.0 Å². The van der Waals surface area contributed by atoms with Crippen molar-refractivity contribution in [1.82, 2.24) is 9.88 Å². The number of alkyl halides is 3. The molecule has 0 saturated carbocycles. The van der Waals surface area contributed by atoms with E-state index in [9.17, 15) is 18.0 Å². The third-order valence-corrected chi connectivity index (χ3v) is 4.93. The Morgan fingerprint density at radius 2 is 1.88 bits per heavy atom. The number of rotatable bonds is 4. The summed E-state index contributed by atoms with van der Waals surface area (Å²) in [5, 5.41) is 3.11. The number of anilines is 1. The molecule has 1 aromatic carbocycles. The Balaban J connectivity index is 1.57. The summed E-state index contributed by atoms with van der Waals surface area (Å²) in [6.07, 6.45) is -2.63. The zero-order valence-corrected chi connectivity index (χ0v) is 14.2. The summed E-state index contributed by atoms with van der Waals surface area (Å²) in [7, 11) is 0.